The first kappa shape index (κ1) is 20.3. The number of aromatic nitrogens is 4. The second-order valence-electron chi connectivity index (χ2n) is 7.72. The Morgan fingerprint density at radius 2 is 1.97 bits per heavy atom. The van der Waals surface area contributed by atoms with E-state index in [0.717, 1.165) is 32.9 Å². The van der Waals surface area contributed by atoms with Crippen LogP contribution in [0.5, 0.6) is 5.75 Å². The first-order valence-electron chi connectivity index (χ1n) is 10.3. The molecule has 2 aromatic heterocycles. The molecule has 162 valence electrons. The zero-order valence-electron chi connectivity index (χ0n) is 17.7. The number of fused-ring (bicyclic) bond motifs is 1. The SMILES string of the molecule is COc1ccc(-c2cc(C3CC3)[nH]n2)c2c(N)nc(Sc3ccc(NC(C)=O)cc3)nc12. The molecular weight excluding hydrogens is 424 g/mol. The molecule has 0 spiro atoms. The van der Waals surface area contributed by atoms with Gasteiger partial charge in [-0.2, -0.15) is 5.10 Å². The van der Waals surface area contributed by atoms with Crippen LogP contribution in [0.15, 0.2) is 52.5 Å². The van der Waals surface area contributed by atoms with Crippen LogP contribution in [-0.4, -0.2) is 33.2 Å². The number of nitrogens with two attached hydrogens (primary N) is 1. The highest BCUT2D eigenvalue weighted by atomic mass is 32.2. The number of aromatic amines is 1. The molecule has 2 heterocycles. The molecule has 1 amide bonds. The van der Waals surface area contributed by atoms with E-state index in [0.29, 0.717) is 28.2 Å². The van der Waals surface area contributed by atoms with Crippen LogP contribution in [0.1, 0.15) is 31.4 Å². The van der Waals surface area contributed by atoms with Gasteiger partial charge in [0, 0.05) is 34.7 Å². The van der Waals surface area contributed by atoms with Gasteiger partial charge in [-0.25, -0.2) is 9.97 Å². The van der Waals surface area contributed by atoms with Crippen LogP contribution in [-0.2, 0) is 4.79 Å². The van der Waals surface area contributed by atoms with Crippen LogP contribution >= 0.6 is 11.8 Å². The molecule has 5 rings (SSSR count). The Balaban J connectivity index is 1.52. The predicted octanol–water partition coefficient (Wildman–Crippen LogP) is 4.60. The smallest absolute Gasteiger partial charge is 0.221 e. The Morgan fingerprint density at radius 3 is 2.66 bits per heavy atom. The van der Waals surface area contributed by atoms with Crippen LogP contribution in [0, 0.1) is 0 Å². The zero-order valence-corrected chi connectivity index (χ0v) is 18.5. The number of methoxy groups -OCH3 is 1. The lowest BCUT2D eigenvalue weighted by Crippen LogP contribution is -2.05. The topological polar surface area (TPSA) is 119 Å². The molecule has 0 unspecified atom stereocenters. The lowest BCUT2D eigenvalue weighted by atomic mass is 10.0. The van der Waals surface area contributed by atoms with Crippen molar-refractivity contribution < 1.29 is 9.53 Å². The van der Waals surface area contributed by atoms with Gasteiger partial charge in [0.2, 0.25) is 5.91 Å². The van der Waals surface area contributed by atoms with E-state index < -0.39 is 0 Å². The van der Waals surface area contributed by atoms with Crippen LogP contribution in [0.25, 0.3) is 22.2 Å². The average Bonchev–Trinajstić information content (AvgIpc) is 3.51. The second-order valence-corrected chi connectivity index (χ2v) is 8.76. The molecule has 0 aliphatic heterocycles. The molecule has 4 aromatic rings. The number of amides is 1. The van der Waals surface area contributed by atoms with E-state index in [9.17, 15) is 4.79 Å². The fourth-order valence-electron chi connectivity index (χ4n) is 3.64. The van der Waals surface area contributed by atoms with Crippen molar-refractivity contribution in [1.82, 2.24) is 20.2 Å². The Hall–Kier alpha value is -3.59. The molecule has 0 saturated heterocycles. The average molecular weight is 447 g/mol. The first-order valence-corrected chi connectivity index (χ1v) is 11.1. The van der Waals surface area contributed by atoms with Gasteiger partial charge in [-0.1, -0.05) is 0 Å². The number of benzene rings is 2. The number of carbonyl (C=O) groups is 1. The van der Waals surface area contributed by atoms with E-state index in [2.05, 4.69) is 26.6 Å². The van der Waals surface area contributed by atoms with Crippen LogP contribution in [0.3, 0.4) is 0 Å². The largest absolute Gasteiger partial charge is 0.494 e. The Bertz CT molecular complexity index is 1310. The molecule has 0 radical (unpaired) electrons. The quantitative estimate of drug-likeness (QED) is 0.370. The minimum atomic E-state index is -0.111. The van der Waals surface area contributed by atoms with Crippen LogP contribution in [0.2, 0.25) is 0 Å². The van der Waals surface area contributed by atoms with Crippen molar-refractivity contribution in [2.75, 3.05) is 18.2 Å². The number of nitrogen functional groups attached to an aromatic ring is 1. The van der Waals surface area contributed by atoms with E-state index in [1.807, 2.05) is 36.4 Å². The van der Waals surface area contributed by atoms with Gasteiger partial charge in [0.25, 0.3) is 0 Å². The van der Waals surface area contributed by atoms with Crippen LogP contribution in [0.4, 0.5) is 11.5 Å². The third kappa shape index (κ3) is 3.99. The van der Waals surface area contributed by atoms with Gasteiger partial charge < -0.3 is 15.8 Å². The summed E-state index contributed by atoms with van der Waals surface area (Å²) in [5.74, 6) is 1.46. The Labute approximate surface area is 189 Å². The molecule has 2 aromatic carbocycles. The van der Waals surface area contributed by atoms with Crippen LogP contribution < -0.4 is 15.8 Å². The number of nitrogens with one attached hydrogen (secondary N) is 2. The number of H-pyrrole nitrogens is 1. The zero-order chi connectivity index (χ0) is 22.2. The molecule has 9 heteroatoms. The van der Waals surface area contributed by atoms with Crippen molar-refractivity contribution in [3.05, 3.63) is 48.2 Å². The van der Waals surface area contributed by atoms with E-state index in [1.165, 1.54) is 31.5 Å². The van der Waals surface area contributed by atoms with Crippen molar-refractivity contribution in [3.63, 3.8) is 0 Å². The molecule has 0 atom stereocenters. The minimum Gasteiger partial charge on any atom is -0.494 e. The summed E-state index contributed by atoms with van der Waals surface area (Å²) in [6, 6.07) is 13.4. The number of hydrogen-bond donors (Lipinski definition) is 3. The molecule has 1 aliphatic carbocycles. The van der Waals surface area contributed by atoms with Gasteiger partial charge in [-0.3, -0.25) is 9.89 Å². The molecule has 32 heavy (non-hydrogen) atoms. The molecule has 0 bridgehead atoms. The number of nitrogens with zero attached hydrogens (tertiary/aromatic N) is 3. The number of hydrogen-bond acceptors (Lipinski definition) is 7. The van der Waals surface area contributed by atoms with Gasteiger partial charge in [0.1, 0.15) is 17.1 Å². The third-order valence-electron chi connectivity index (χ3n) is 5.32. The van der Waals surface area contributed by atoms with Crippen molar-refractivity contribution in [1.29, 1.82) is 0 Å². The maximum atomic E-state index is 11.2. The molecular formula is C23H22N6O2S. The minimum absolute atomic E-state index is 0.111. The summed E-state index contributed by atoms with van der Waals surface area (Å²) < 4.78 is 5.56. The number of carbonyl (C=O) groups excluding carboxylic acids is 1. The molecule has 1 fully saturated rings. The molecule has 8 nitrogen and oxygen atoms in total. The van der Waals surface area contributed by atoms with Gasteiger partial charge in [-0.15, -0.1) is 0 Å². The first-order chi connectivity index (χ1) is 15.5. The molecule has 1 aliphatic rings. The summed E-state index contributed by atoms with van der Waals surface area (Å²) in [6.07, 6.45) is 2.39. The van der Waals surface area contributed by atoms with Gasteiger partial charge in [0.05, 0.1) is 18.2 Å². The van der Waals surface area contributed by atoms with Gasteiger partial charge in [0.15, 0.2) is 5.16 Å². The lowest BCUT2D eigenvalue weighted by molar-refractivity contribution is -0.114. The Kier molecular flexibility index (Phi) is 5.18. The fraction of sp³-hybridized carbons (Fsp3) is 0.217. The van der Waals surface area contributed by atoms with Crippen molar-refractivity contribution in [2.24, 2.45) is 0 Å². The third-order valence-corrected chi connectivity index (χ3v) is 6.19. The van der Waals surface area contributed by atoms with E-state index >= 15 is 0 Å². The number of ether oxygens (including phenoxy) is 1. The maximum Gasteiger partial charge on any atom is 0.221 e. The molecule has 4 N–H and O–H groups in total. The van der Waals surface area contributed by atoms with Gasteiger partial charge >= 0.3 is 0 Å². The predicted molar refractivity (Wildman–Crippen MR) is 125 cm³/mol. The highest BCUT2D eigenvalue weighted by Gasteiger charge is 2.26. The highest BCUT2D eigenvalue weighted by molar-refractivity contribution is 7.99. The number of rotatable bonds is 6. The summed E-state index contributed by atoms with van der Waals surface area (Å²) >= 11 is 1.39. The normalized spacial score (nSPS) is 13.3. The maximum absolute atomic E-state index is 11.2. The Morgan fingerprint density at radius 1 is 1.19 bits per heavy atom. The molecule has 1 saturated carbocycles. The summed E-state index contributed by atoms with van der Waals surface area (Å²) in [6.45, 7) is 1.48. The summed E-state index contributed by atoms with van der Waals surface area (Å²) in [7, 11) is 1.61. The second kappa shape index (κ2) is 8.16. The van der Waals surface area contributed by atoms with E-state index in [4.69, 9.17) is 15.5 Å². The van der Waals surface area contributed by atoms with Crippen molar-refractivity contribution in [3.8, 4) is 17.0 Å². The summed E-state index contributed by atoms with van der Waals surface area (Å²) in [5.41, 5.74) is 10.6. The summed E-state index contributed by atoms with van der Waals surface area (Å²) in [5, 5.41) is 11.6. The van der Waals surface area contributed by atoms with Gasteiger partial charge in [-0.05, 0) is 67.1 Å². The standard InChI is InChI=1S/C23H22N6O2S/c1-12(30)25-14-5-7-15(8-6-14)32-23-26-21-19(31-2)10-9-16(20(21)22(24)27-23)18-11-17(28-29-18)13-3-4-13/h5-11,13H,3-4H2,1-2H3,(H,25,30)(H,28,29)(H2,24,26,27). The van der Waals surface area contributed by atoms with E-state index in [-0.39, 0.29) is 5.91 Å². The highest BCUT2D eigenvalue weighted by Crippen LogP contribution is 2.42. The van der Waals surface area contributed by atoms with Crippen molar-refractivity contribution in [2.45, 2.75) is 35.7 Å². The summed E-state index contributed by atoms with van der Waals surface area (Å²) in [4.78, 5) is 21.4. The number of anilines is 2. The monoisotopic (exact) mass is 446 g/mol. The van der Waals surface area contributed by atoms with E-state index in [1.54, 1.807) is 7.11 Å². The lowest BCUT2D eigenvalue weighted by Gasteiger charge is -2.12. The van der Waals surface area contributed by atoms with Crippen molar-refractivity contribution >= 4 is 40.1 Å². The fourth-order valence-corrected chi connectivity index (χ4v) is 4.40.